The molecule has 11 heteroatoms. The molecular formula is C28H45N5O6. The molecule has 4 amide bonds. The van der Waals surface area contributed by atoms with Crippen LogP contribution < -0.4 is 15.4 Å². The largest absolute Gasteiger partial charge is 0.488 e. The Morgan fingerprint density at radius 2 is 1.92 bits per heavy atom. The van der Waals surface area contributed by atoms with Crippen LogP contribution in [-0.2, 0) is 20.7 Å². The van der Waals surface area contributed by atoms with Gasteiger partial charge in [0, 0.05) is 62.9 Å². The van der Waals surface area contributed by atoms with Gasteiger partial charge in [0.15, 0.2) is 0 Å². The van der Waals surface area contributed by atoms with E-state index in [1.807, 2.05) is 27.7 Å². The lowest BCUT2D eigenvalue weighted by molar-refractivity contribution is -0.134. The molecule has 3 rings (SSSR count). The number of aliphatic hydroxyl groups is 1. The molecule has 1 fully saturated rings. The van der Waals surface area contributed by atoms with Crippen molar-refractivity contribution in [3.05, 3.63) is 23.8 Å². The van der Waals surface area contributed by atoms with Crippen molar-refractivity contribution < 1.29 is 29.0 Å². The number of fused-ring (bicyclic) bond motifs is 1. The Hall–Kier alpha value is -2.89. The van der Waals surface area contributed by atoms with Gasteiger partial charge in [0.05, 0.1) is 38.8 Å². The van der Waals surface area contributed by atoms with Crippen LogP contribution in [0.4, 0.5) is 10.5 Å². The molecule has 2 aliphatic rings. The molecule has 0 aliphatic carbocycles. The van der Waals surface area contributed by atoms with Crippen molar-refractivity contribution in [2.24, 2.45) is 5.92 Å². The van der Waals surface area contributed by atoms with Crippen LogP contribution >= 0.6 is 0 Å². The van der Waals surface area contributed by atoms with Crippen molar-refractivity contribution in [3.8, 4) is 5.75 Å². The highest BCUT2D eigenvalue weighted by Crippen LogP contribution is 2.29. The van der Waals surface area contributed by atoms with Crippen molar-refractivity contribution in [1.82, 2.24) is 20.0 Å². The molecule has 0 radical (unpaired) electrons. The van der Waals surface area contributed by atoms with Crippen LogP contribution in [0.25, 0.3) is 0 Å². The first-order valence-electron chi connectivity index (χ1n) is 13.9. The van der Waals surface area contributed by atoms with Gasteiger partial charge in [-0.05, 0) is 39.0 Å². The van der Waals surface area contributed by atoms with Crippen LogP contribution in [0.15, 0.2) is 18.2 Å². The van der Waals surface area contributed by atoms with E-state index in [-0.39, 0.29) is 48.9 Å². The first-order chi connectivity index (χ1) is 18.6. The lowest BCUT2D eigenvalue weighted by atomic mass is 10.0. The van der Waals surface area contributed by atoms with Gasteiger partial charge in [0.2, 0.25) is 11.8 Å². The SMILES string of the molecule is CC(C)NC(=O)N(C)CC1Oc2ccc(NC(=O)CCN3CCOCC3)cc2CC(=O)N(C(C)CO)CC1C. The van der Waals surface area contributed by atoms with Gasteiger partial charge in [0.25, 0.3) is 0 Å². The molecule has 11 nitrogen and oxygen atoms in total. The van der Waals surface area contributed by atoms with Crippen LogP contribution in [0.3, 0.4) is 0 Å². The minimum absolute atomic E-state index is 0.000527. The third-order valence-corrected chi connectivity index (χ3v) is 7.17. The molecule has 3 atom stereocenters. The molecule has 0 aromatic heterocycles. The number of carbonyl (C=O) groups is 3. The van der Waals surface area contributed by atoms with E-state index in [2.05, 4.69) is 15.5 Å². The highest BCUT2D eigenvalue weighted by molar-refractivity contribution is 5.91. The maximum Gasteiger partial charge on any atom is 0.317 e. The smallest absolute Gasteiger partial charge is 0.317 e. The molecule has 0 spiro atoms. The molecule has 2 aliphatic heterocycles. The summed E-state index contributed by atoms with van der Waals surface area (Å²) in [5.74, 6) is 0.192. The summed E-state index contributed by atoms with van der Waals surface area (Å²) in [7, 11) is 1.72. The van der Waals surface area contributed by atoms with E-state index in [1.165, 1.54) is 0 Å². The van der Waals surface area contributed by atoms with Crippen molar-refractivity contribution in [1.29, 1.82) is 0 Å². The maximum absolute atomic E-state index is 13.4. The van der Waals surface area contributed by atoms with Gasteiger partial charge in [-0.2, -0.15) is 0 Å². The van der Waals surface area contributed by atoms with E-state index in [4.69, 9.17) is 9.47 Å². The zero-order valence-electron chi connectivity index (χ0n) is 23.9. The average molecular weight is 548 g/mol. The third-order valence-electron chi connectivity index (χ3n) is 7.17. The number of morpholine rings is 1. The second kappa shape index (κ2) is 14.5. The Morgan fingerprint density at radius 1 is 1.21 bits per heavy atom. The number of amides is 4. The Balaban J connectivity index is 1.79. The number of nitrogens with one attached hydrogen (secondary N) is 2. The molecule has 3 unspecified atom stereocenters. The number of urea groups is 1. The van der Waals surface area contributed by atoms with Crippen molar-refractivity contribution in [3.63, 3.8) is 0 Å². The number of hydrogen-bond donors (Lipinski definition) is 3. The predicted octanol–water partition coefficient (Wildman–Crippen LogP) is 1.55. The van der Waals surface area contributed by atoms with Crippen LogP contribution in [0.2, 0.25) is 0 Å². The van der Waals surface area contributed by atoms with Crippen LogP contribution in [0.5, 0.6) is 5.75 Å². The number of rotatable bonds is 9. The molecule has 1 saturated heterocycles. The summed E-state index contributed by atoms with van der Waals surface area (Å²) in [6.07, 6.45) is 0.0267. The monoisotopic (exact) mass is 547 g/mol. The normalized spacial score (nSPS) is 21.2. The number of ether oxygens (including phenoxy) is 2. The number of anilines is 1. The van der Waals surface area contributed by atoms with Crippen LogP contribution in [0, 0.1) is 5.92 Å². The highest BCUT2D eigenvalue weighted by Gasteiger charge is 2.32. The molecule has 0 bridgehead atoms. The summed E-state index contributed by atoms with van der Waals surface area (Å²) in [6, 6.07) is 4.77. The molecular weight excluding hydrogens is 502 g/mol. The summed E-state index contributed by atoms with van der Waals surface area (Å²) >= 11 is 0. The lowest BCUT2D eigenvalue weighted by Gasteiger charge is -2.34. The summed E-state index contributed by atoms with van der Waals surface area (Å²) < 4.78 is 11.8. The number of aliphatic hydroxyl groups excluding tert-OH is 1. The molecule has 218 valence electrons. The zero-order valence-corrected chi connectivity index (χ0v) is 23.9. The maximum atomic E-state index is 13.4. The molecule has 1 aromatic carbocycles. The lowest BCUT2D eigenvalue weighted by Crippen LogP contribution is -2.49. The Labute approximate surface area is 231 Å². The van der Waals surface area contributed by atoms with E-state index in [0.717, 1.165) is 13.1 Å². The Morgan fingerprint density at radius 3 is 2.59 bits per heavy atom. The second-order valence-electron chi connectivity index (χ2n) is 10.9. The van der Waals surface area contributed by atoms with Gasteiger partial charge >= 0.3 is 6.03 Å². The van der Waals surface area contributed by atoms with E-state index < -0.39 is 6.10 Å². The number of likely N-dealkylation sites (N-methyl/N-ethyl adjacent to an activating group) is 1. The fourth-order valence-corrected chi connectivity index (χ4v) is 4.74. The van der Waals surface area contributed by atoms with Gasteiger partial charge in [0.1, 0.15) is 11.9 Å². The predicted molar refractivity (Wildman–Crippen MR) is 149 cm³/mol. The van der Waals surface area contributed by atoms with E-state index >= 15 is 0 Å². The molecule has 3 N–H and O–H groups in total. The van der Waals surface area contributed by atoms with Crippen molar-refractivity contribution in [2.75, 3.05) is 64.9 Å². The molecule has 39 heavy (non-hydrogen) atoms. The highest BCUT2D eigenvalue weighted by atomic mass is 16.5. The topological polar surface area (TPSA) is 124 Å². The number of nitrogens with zero attached hydrogens (tertiary/aromatic N) is 3. The average Bonchev–Trinajstić information content (AvgIpc) is 2.94. The molecule has 2 heterocycles. The van der Waals surface area contributed by atoms with Gasteiger partial charge < -0.3 is 35.0 Å². The first kappa shape index (κ1) is 30.6. The minimum atomic E-state index is -0.403. The van der Waals surface area contributed by atoms with Crippen molar-refractivity contribution >= 4 is 23.5 Å². The van der Waals surface area contributed by atoms with Gasteiger partial charge in [-0.1, -0.05) is 6.92 Å². The van der Waals surface area contributed by atoms with E-state index in [9.17, 15) is 19.5 Å². The first-order valence-corrected chi connectivity index (χ1v) is 13.9. The fraction of sp³-hybridized carbons (Fsp3) is 0.679. The summed E-state index contributed by atoms with van der Waals surface area (Å²) in [5.41, 5.74) is 1.24. The number of benzene rings is 1. The number of hydrogen-bond acceptors (Lipinski definition) is 7. The molecule has 1 aromatic rings. The van der Waals surface area contributed by atoms with Crippen LogP contribution in [0.1, 0.15) is 39.7 Å². The summed E-state index contributed by atoms with van der Waals surface area (Å²) in [5, 5.41) is 15.7. The van der Waals surface area contributed by atoms with E-state index in [1.54, 1.807) is 35.0 Å². The van der Waals surface area contributed by atoms with Crippen molar-refractivity contribution in [2.45, 2.75) is 58.7 Å². The van der Waals surface area contributed by atoms with Gasteiger partial charge in [-0.25, -0.2) is 4.79 Å². The van der Waals surface area contributed by atoms with E-state index in [0.29, 0.717) is 56.3 Å². The summed E-state index contributed by atoms with van der Waals surface area (Å²) in [4.78, 5) is 44.1. The standard InChI is InChI=1S/C28H45N5O6/c1-19(2)29-28(37)31(5)17-25-20(3)16-33(21(4)18-34)27(36)15-22-14-23(6-7-24(22)39-25)30-26(35)8-9-32-10-12-38-13-11-32/h6-7,14,19-21,25,34H,8-13,15-18H2,1-5H3,(H,29,37)(H,30,35). The quantitative estimate of drug-likeness (QED) is 0.429. The minimum Gasteiger partial charge on any atom is -0.488 e. The second-order valence-corrected chi connectivity index (χ2v) is 10.9. The van der Waals surface area contributed by atoms with Gasteiger partial charge in [-0.3, -0.25) is 14.5 Å². The van der Waals surface area contributed by atoms with Gasteiger partial charge in [-0.15, -0.1) is 0 Å². The zero-order chi connectivity index (χ0) is 28.5. The Kier molecular flexibility index (Phi) is 11.4. The summed E-state index contributed by atoms with van der Waals surface area (Å²) in [6.45, 7) is 11.8. The molecule has 0 saturated carbocycles. The third kappa shape index (κ3) is 9.08. The van der Waals surface area contributed by atoms with Crippen LogP contribution in [-0.4, -0.2) is 115 Å². The Bertz CT molecular complexity index is 983. The number of carbonyl (C=O) groups excluding carboxylic acids is 3. The fourth-order valence-electron chi connectivity index (χ4n) is 4.74.